The number of nitrogens with one attached hydrogen (secondary N) is 3. The number of aromatic nitrogens is 2. The topological polar surface area (TPSA) is 88.0 Å². The van der Waals surface area contributed by atoms with E-state index in [0.717, 1.165) is 31.5 Å². The van der Waals surface area contributed by atoms with Crippen LogP contribution < -0.4 is 16.0 Å². The fraction of sp³-hybridized carbons (Fsp3) is 0.476. The van der Waals surface area contributed by atoms with Crippen LogP contribution in [0.3, 0.4) is 0 Å². The first-order chi connectivity index (χ1) is 13.4. The molecule has 1 atom stereocenters. The molecule has 1 aromatic carbocycles. The molecule has 29 heavy (non-hydrogen) atoms. The molecule has 0 radical (unpaired) electrons. The molecule has 3 rings (SSSR count). The van der Waals surface area contributed by atoms with Crippen LogP contribution in [-0.4, -0.2) is 41.2 Å². The number of rotatable bonds is 6. The Kier molecular flexibility index (Phi) is 8.22. The fourth-order valence-corrected chi connectivity index (χ4v) is 3.25. The summed E-state index contributed by atoms with van der Waals surface area (Å²) in [6.07, 6.45) is 4.04. The number of hydrogen-bond donors (Lipinski definition) is 3. The molecule has 2 aromatic rings. The van der Waals surface area contributed by atoms with Crippen LogP contribution in [0.1, 0.15) is 59.1 Å². The van der Waals surface area contributed by atoms with Crippen LogP contribution in [-0.2, 0) is 0 Å². The first-order valence-electron chi connectivity index (χ1n) is 9.90. The molecule has 2 amide bonds. The minimum Gasteiger partial charge on any atom is -0.352 e. The number of benzene rings is 1. The number of nitrogens with zero attached hydrogens (tertiary/aromatic N) is 2. The molecular formula is C21H30ClN5O2. The van der Waals surface area contributed by atoms with Crippen LogP contribution in [0, 0.1) is 12.8 Å². The molecule has 3 N–H and O–H groups in total. The van der Waals surface area contributed by atoms with Crippen molar-refractivity contribution in [3.05, 3.63) is 47.3 Å². The van der Waals surface area contributed by atoms with Crippen LogP contribution in [0.2, 0.25) is 0 Å². The third-order valence-electron chi connectivity index (χ3n) is 4.89. The van der Waals surface area contributed by atoms with E-state index in [1.54, 1.807) is 24.3 Å². The highest BCUT2D eigenvalue weighted by Gasteiger charge is 2.18. The molecule has 1 aliphatic heterocycles. The van der Waals surface area contributed by atoms with Gasteiger partial charge < -0.3 is 16.0 Å². The number of aryl methyl sites for hydroxylation is 1. The molecule has 1 unspecified atom stereocenters. The minimum atomic E-state index is -0.248. The predicted molar refractivity (Wildman–Crippen MR) is 117 cm³/mol. The van der Waals surface area contributed by atoms with E-state index in [0.29, 0.717) is 35.4 Å². The monoisotopic (exact) mass is 419 g/mol. The summed E-state index contributed by atoms with van der Waals surface area (Å²) in [6.45, 7) is 8.53. The fourth-order valence-electron chi connectivity index (χ4n) is 3.25. The van der Waals surface area contributed by atoms with Crippen molar-refractivity contribution >= 4 is 29.9 Å². The second-order valence-corrected chi connectivity index (χ2v) is 7.77. The van der Waals surface area contributed by atoms with Gasteiger partial charge in [-0.15, -0.1) is 12.4 Å². The van der Waals surface area contributed by atoms with Crippen molar-refractivity contribution in [1.82, 2.24) is 20.4 Å². The van der Waals surface area contributed by atoms with E-state index in [4.69, 9.17) is 0 Å². The number of hydrogen-bond acceptors (Lipinski definition) is 4. The minimum absolute atomic E-state index is 0. The van der Waals surface area contributed by atoms with Crippen molar-refractivity contribution in [2.75, 3.05) is 25.0 Å². The van der Waals surface area contributed by atoms with E-state index in [1.807, 2.05) is 17.8 Å². The molecule has 1 saturated heterocycles. The van der Waals surface area contributed by atoms with E-state index in [-0.39, 0.29) is 24.2 Å². The van der Waals surface area contributed by atoms with Crippen LogP contribution in [0.15, 0.2) is 30.5 Å². The van der Waals surface area contributed by atoms with Gasteiger partial charge in [-0.3, -0.25) is 14.3 Å². The van der Waals surface area contributed by atoms with Gasteiger partial charge in [-0.25, -0.2) is 0 Å². The molecule has 0 bridgehead atoms. The van der Waals surface area contributed by atoms with Crippen LogP contribution in [0.25, 0.3) is 0 Å². The summed E-state index contributed by atoms with van der Waals surface area (Å²) >= 11 is 0. The Morgan fingerprint density at radius 2 is 2.07 bits per heavy atom. The molecule has 1 aliphatic rings. The molecule has 158 valence electrons. The van der Waals surface area contributed by atoms with Gasteiger partial charge in [0.25, 0.3) is 11.8 Å². The summed E-state index contributed by atoms with van der Waals surface area (Å²) < 4.78 is 1.87. The van der Waals surface area contributed by atoms with Crippen molar-refractivity contribution in [3.63, 3.8) is 0 Å². The lowest BCUT2D eigenvalue weighted by atomic mass is 10.1. The summed E-state index contributed by atoms with van der Waals surface area (Å²) in [7, 11) is 0. The molecule has 1 aromatic heterocycles. The summed E-state index contributed by atoms with van der Waals surface area (Å²) in [5, 5.41) is 13.6. The largest absolute Gasteiger partial charge is 0.352 e. The molecule has 0 spiro atoms. The van der Waals surface area contributed by atoms with Crippen molar-refractivity contribution in [1.29, 1.82) is 0 Å². The maximum Gasteiger partial charge on any atom is 0.276 e. The van der Waals surface area contributed by atoms with Crippen LogP contribution >= 0.6 is 12.4 Å². The summed E-state index contributed by atoms with van der Waals surface area (Å²) in [6, 6.07) is 7.31. The zero-order valence-electron chi connectivity index (χ0n) is 17.2. The lowest BCUT2D eigenvalue weighted by Gasteiger charge is -2.22. The van der Waals surface area contributed by atoms with E-state index in [9.17, 15) is 9.59 Å². The van der Waals surface area contributed by atoms with Gasteiger partial charge in [-0.1, -0.05) is 13.8 Å². The second kappa shape index (κ2) is 10.4. The van der Waals surface area contributed by atoms with E-state index >= 15 is 0 Å². The van der Waals surface area contributed by atoms with Gasteiger partial charge in [0.1, 0.15) is 0 Å². The first-order valence-corrected chi connectivity index (χ1v) is 9.90. The quantitative estimate of drug-likeness (QED) is 0.671. The van der Waals surface area contributed by atoms with E-state index in [2.05, 4.69) is 34.9 Å². The van der Waals surface area contributed by atoms with E-state index in [1.165, 1.54) is 0 Å². The lowest BCUT2D eigenvalue weighted by molar-refractivity contribution is 0.0948. The Balaban J connectivity index is 0.00000300. The number of carbonyl (C=O) groups excluding carboxylic acids is 2. The Hall–Kier alpha value is -2.38. The second-order valence-electron chi connectivity index (χ2n) is 7.77. The Bertz CT molecular complexity index is 843. The Labute approximate surface area is 178 Å². The van der Waals surface area contributed by atoms with Crippen molar-refractivity contribution < 1.29 is 9.59 Å². The van der Waals surface area contributed by atoms with Crippen LogP contribution in [0.4, 0.5) is 5.69 Å². The number of piperidine rings is 1. The summed E-state index contributed by atoms with van der Waals surface area (Å²) in [5.41, 5.74) is 2.50. The zero-order chi connectivity index (χ0) is 20.1. The van der Waals surface area contributed by atoms with Gasteiger partial charge in [-0.05, 0) is 62.1 Å². The summed E-state index contributed by atoms with van der Waals surface area (Å²) in [4.78, 5) is 24.8. The normalized spacial score (nSPS) is 16.2. The van der Waals surface area contributed by atoms with Crippen molar-refractivity contribution in [3.8, 4) is 0 Å². The van der Waals surface area contributed by atoms with Gasteiger partial charge >= 0.3 is 0 Å². The molecule has 8 heteroatoms. The Morgan fingerprint density at radius 3 is 2.72 bits per heavy atom. The molecule has 0 aliphatic carbocycles. The zero-order valence-corrected chi connectivity index (χ0v) is 18.0. The first kappa shape index (κ1) is 22.9. The third kappa shape index (κ3) is 6.05. The molecular weight excluding hydrogens is 390 g/mol. The molecule has 7 nitrogen and oxygen atoms in total. The lowest BCUT2D eigenvalue weighted by Crippen LogP contribution is -2.32. The molecule has 2 heterocycles. The predicted octanol–water partition coefficient (Wildman–Crippen LogP) is 3.18. The number of anilines is 1. The highest BCUT2D eigenvalue weighted by Crippen LogP contribution is 2.19. The number of amides is 2. The highest BCUT2D eigenvalue weighted by atomic mass is 35.5. The average Bonchev–Trinajstić information content (AvgIpc) is 3.18. The highest BCUT2D eigenvalue weighted by molar-refractivity contribution is 6.03. The maximum atomic E-state index is 12.6. The Morgan fingerprint density at radius 1 is 1.28 bits per heavy atom. The van der Waals surface area contributed by atoms with Crippen LogP contribution in [0.5, 0.6) is 0 Å². The maximum absolute atomic E-state index is 12.6. The SMILES string of the molecule is Cc1cc(C(=O)NCC(C)C)ccc1NC(=O)c1ccn(C2CCCNC2)n1.Cl. The van der Waals surface area contributed by atoms with Gasteiger partial charge in [0.05, 0.1) is 6.04 Å². The molecule has 1 fully saturated rings. The van der Waals surface area contributed by atoms with Gasteiger partial charge in [0, 0.05) is 30.5 Å². The average molecular weight is 420 g/mol. The third-order valence-corrected chi connectivity index (χ3v) is 4.89. The molecule has 0 saturated carbocycles. The van der Waals surface area contributed by atoms with Gasteiger partial charge in [0.2, 0.25) is 0 Å². The number of carbonyl (C=O) groups is 2. The van der Waals surface area contributed by atoms with Crippen molar-refractivity contribution in [2.45, 2.75) is 39.7 Å². The van der Waals surface area contributed by atoms with Gasteiger partial charge in [-0.2, -0.15) is 5.10 Å². The smallest absolute Gasteiger partial charge is 0.276 e. The van der Waals surface area contributed by atoms with Crippen molar-refractivity contribution in [2.24, 2.45) is 5.92 Å². The summed E-state index contributed by atoms with van der Waals surface area (Å²) in [5.74, 6) is 0.0462. The number of halogens is 1. The van der Waals surface area contributed by atoms with Gasteiger partial charge in [0.15, 0.2) is 5.69 Å². The van der Waals surface area contributed by atoms with E-state index < -0.39 is 0 Å². The standard InChI is InChI=1S/C21H29N5O2.ClH/c1-14(2)12-23-20(27)16-6-7-18(15(3)11-16)24-21(28)19-8-10-26(25-19)17-5-4-9-22-13-17;/h6-8,10-11,14,17,22H,4-5,9,12-13H2,1-3H3,(H,23,27)(H,24,28);1H.